The van der Waals surface area contributed by atoms with Gasteiger partial charge in [-0.3, -0.25) is 4.79 Å². The number of ether oxygens (including phenoxy) is 1. The van der Waals surface area contributed by atoms with Gasteiger partial charge in [0.1, 0.15) is 11.5 Å². The van der Waals surface area contributed by atoms with Crippen molar-refractivity contribution in [2.24, 2.45) is 5.92 Å². The number of phenols is 1. The van der Waals surface area contributed by atoms with E-state index in [0.717, 1.165) is 24.8 Å². The third kappa shape index (κ3) is 3.15. The summed E-state index contributed by atoms with van der Waals surface area (Å²) in [6.45, 7) is 0. The normalized spacial score (nSPS) is 23.3. The third-order valence-corrected chi connectivity index (χ3v) is 8.57. The van der Waals surface area contributed by atoms with E-state index in [4.69, 9.17) is 4.74 Å². The van der Waals surface area contributed by atoms with Crippen molar-refractivity contribution in [2.75, 3.05) is 0 Å². The highest BCUT2D eigenvalue weighted by Gasteiger charge is 2.54. The quantitative estimate of drug-likeness (QED) is 0.261. The fraction of sp³-hybridized carbons (Fsp3) is 0.242. The molecule has 0 saturated heterocycles. The molecule has 4 aromatic rings. The van der Waals surface area contributed by atoms with Gasteiger partial charge in [-0.1, -0.05) is 78.9 Å². The second-order valence-electron chi connectivity index (χ2n) is 10.3. The average molecular weight is 473 g/mol. The van der Waals surface area contributed by atoms with E-state index in [1.165, 1.54) is 39.8 Å². The Bertz CT molecular complexity index is 1440. The lowest BCUT2D eigenvalue weighted by molar-refractivity contribution is -0.141. The molecular weight excluding hydrogens is 444 g/mol. The van der Waals surface area contributed by atoms with Crippen LogP contribution in [0.2, 0.25) is 0 Å². The first kappa shape index (κ1) is 21.4. The summed E-state index contributed by atoms with van der Waals surface area (Å²) in [6, 6.07) is 30.6. The summed E-state index contributed by atoms with van der Waals surface area (Å²) >= 11 is 0. The number of esters is 1. The van der Waals surface area contributed by atoms with E-state index in [-0.39, 0.29) is 29.5 Å². The molecular formula is C33H28O3. The summed E-state index contributed by atoms with van der Waals surface area (Å²) in [5, 5.41) is 11.0. The molecule has 4 aromatic carbocycles. The molecule has 0 amide bonds. The number of carbonyl (C=O) groups excluding carboxylic acids is 1. The first-order valence-electron chi connectivity index (χ1n) is 13.0. The van der Waals surface area contributed by atoms with Crippen molar-refractivity contribution in [3.05, 3.63) is 130 Å². The van der Waals surface area contributed by atoms with Crippen LogP contribution in [0.4, 0.5) is 0 Å². The number of hydrogen-bond acceptors (Lipinski definition) is 3. The van der Waals surface area contributed by atoms with Gasteiger partial charge in [0.15, 0.2) is 0 Å². The molecule has 2 bridgehead atoms. The number of benzene rings is 4. The maximum Gasteiger partial charge on any atom is 0.315 e. The van der Waals surface area contributed by atoms with Gasteiger partial charge in [-0.05, 0) is 76.8 Å². The number of carbonyl (C=O) groups is 1. The zero-order chi connectivity index (χ0) is 24.2. The van der Waals surface area contributed by atoms with E-state index in [2.05, 4.69) is 54.6 Å². The van der Waals surface area contributed by atoms with Gasteiger partial charge in [0.25, 0.3) is 0 Å². The molecule has 4 aliphatic rings. The molecule has 4 aliphatic carbocycles. The molecule has 178 valence electrons. The second-order valence-corrected chi connectivity index (χ2v) is 10.3. The van der Waals surface area contributed by atoms with Crippen molar-refractivity contribution in [3.63, 3.8) is 0 Å². The highest BCUT2D eigenvalue weighted by Crippen LogP contribution is 2.62. The number of hydrogen-bond donors (Lipinski definition) is 1. The first-order valence-corrected chi connectivity index (χ1v) is 13.0. The predicted molar refractivity (Wildman–Crippen MR) is 140 cm³/mol. The Kier molecular flexibility index (Phi) is 4.99. The molecule has 0 fully saturated rings. The van der Waals surface area contributed by atoms with E-state index in [1.807, 2.05) is 30.3 Å². The van der Waals surface area contributed by atoms with Crippen LogP contribution in [0.5, 0.6) is 11.5 Å². The minimum absolute atomic E-state index is 0.0297. The van der Waals surface area contributed by atoms with Crippen molar-refractivity contribution < 1.29 is 14.6 Å². The molecule has 36 heavy (non-hydrogen) atoms. The van der Waals surface area contributed by atoms with E-state index >= 15 is 0 Å². The Morgan fingerprint density at radius 2 is 1.25 bits per heavy atom. The maximum absolute atomic E-state index is 14.3. The Morgan fingerprint density at radius 3 is 1.92 bits per heavy atom. The van der Waals surface area contributed by atoms with Crippen LogP contribution >= 0.6 is 0 Å². The molecule has 0 aliphatic heterocycles. The fourth-order valence-corrected chi connectivity index (χ4v) is 7.12. The van der Waals surface area contributed by atoms with E-state index in [9.17, 15) is 9.90 Å². The summed E-state index contributed by atoms with van der Waals surface area (Å²) in [5.41, 5.74) is 8.18. The number of aromatic hydroxyl groups is 1. The summed E-state index contributed by atoms with van der Waals surface area (Å²) in [5.74, 6) is -0.0741. The van der Waals surface area contributed by atoms with E-state index in [1.54, 1.807) is 6.07 Å². The van der Waals surface area contributed by atoms with Crippen molar-refractivity contribution in [3.8, 4) is 11.5 Å². The minimum atomic E-state index is -0.437. The molecule has 0 radical (unpaired) electrons. The number of para-hydroxylation sites is 1. The van der Waals surface area contributed by atoms with Gasteiger partial charge in [0.2, 0.25) is 0 Å². The molecule has 0 aromatic heterocycles. The Balaban J connectivity index is 1.40. The third-order valence-electron chi connectivity index (χ3n) is 8.57. The second kappa shape index (κ2) is 8.37. The Labute approximate surface area is 211 Å². The molecule has 8 rings (SSSR count). The number of rotatable bonds is 3. The molecule has 0 spiro atoms. The lowest BCUT2D eigenvalue weighted by atomic mass is 9.53. The van der Waals surface area contributed by atoms with Gasteiger partial charge < -0.3 is 9.84 Å². The van der Waals surface area contributed by atoms with Gasteiger partial charge in [0, 0.05) is 17.8 Å². The summed E-state index contributed by atoms with van der Waals surface area (Å²) in [6.07, 6.45) is 4.29. The van der Waals surface area contributed by atoms with Crippen molar-refractivity contribution in [1.82, 2.24) is 0 Å². The molecule has 0 heterocycles. The smallest absolute Gasteiger partial charge is 0.315 e. The molecule has 2 unspecified atom stereocenters. The highest BCUT2D eigenvalue weighted by atomic mass is 16.5. The van der Waals surface area contributed by atoms with Crippen LogP contribution in [-0.4, -0.2) is 11.1 Å². The maximum atomic E-state index is 14.3. The lowest BCUT2D eigenvalue weighted by Crippen LogP contribution is -2.44. The number of aryl methyl sites for hydroxylation is 1. The molecule has 1 N–H and O–H groups in total. The summed E-state index contributed by atoms with van der Waals surface area (Å²) in [7, 11) is 0. The van der Waals surface area contributed by atoms with E-state index < -0.39 is 5.92 Å². The van der Waals surface area contributed by atoms with Crippen LogP contribution in [0.25, 0.3) is 0 Å². The molecule has 2 atom stereocenters. The molecule has 3 heteroatoms. The standard InChI is InChI=1S/C33H28O3/c34-27-18-8-7-17-26(27)31-29-22-13-3-5-15-24(22)30(25-16-6-4-14-23(25)29)32(31)33(35)36-28-19-9-11-20-10-1-2-12-21(20)28/h3-9,11,13-19,29-32,34H,1-2,10,12H2. The SMILES string of the molecule is O=C(Oc1cccc2c1CCCC2)C1C2c3ccccc3C(c3ccccc32)C1c1ccccc1O. The first-order chi connectivity index (χ1) is 17.7. The van der Waals surface area contributed by atoms with Crippen LogP contribution in [0, 0.1) is 5.92 Å². The fourth-order valence-electron chi connectivity index (χ4n) is 7.12. The average Bonchev–Trinajstić information content (AvgIpc) is 2.93. The van der Waals surface area contributed by atoms with Crippen LogP contribution in [0.3, 0.4) is 0 Å². The monoisotopic (exact) mass is 472 g/mol. The van der Waals surface area contributed by atoms with Crippen molar-refractivity contribution in [2.45, 2.75) is 43.4 Å². The van der Waals surface area contributed by atoms with Crippen LogP contribution < -0.4 is 4.74 Å². The Morgan fingerprint density at radius 1 is 0.667 bits per heavy atom. The number of fused-ring (bicyclic) bond motifs is 2. The largest absolute Gasteiger partial charge is 0.508 e. The highest BCUT2D eigenvalue weighted by molar-refractivity contribution is 5.82. The number of phenolic OH excluding ortho intramolecular Hbond substituents is 1. The molecule has 3 nitrogen and oxygen atoms in total. The van der Waals surface area contributed by atoms with Crippen LogP contribution in [0.1, 0.15) is 69.5 Å². The summed E-state index contributed by atoms with van der Waals surface area (Å²) in [4.78, 5) is 14.3. The van der Waals surface area contributed by atoms with E-state index in [0.29, 0.717) is 5.75 Å². The predicted octanol–water partition coefficient (Wildman–Crippen LogP) is 6.87. The van der Waals surface area contributed by atoms with Gasteiger partial charge >= 0.3 is 5.97 Å². The minimum Gasteiger partial charge on any atom is -0.508 e. The lowest BCUT2D eigenvalue weighted by Gasteiger charge is -2.49. The van der Waals surface area contributed by atoms with Crippen LogP contribution in [-0.2, 0) is 17.6 Å². The van der Waals surface area contributed by atoms with Crippen molar-refractivity contribution >= 4 is 5.97 Å². The van der Waals surface area contributed by atoms with Gasteiger partial charge in [-0.2, -0.15) is 0 Å². The van der Waals surface area contributed by atoms with Gasteiger partial charge in [-0.15, -0.1) is 0 Å². The zero-order valence-corrected chi connectivity index (χ0v) is 20.1. The Hall–Kier alpha value is -3.85. The van der Waals surface area contributed by atoms with Gasteiger partial charge in [0.05, 0.1) is 5.92 Å². The van der Waals surface area contributed by atoms with Crippen LogP contribution in [0.15, 0.2) is 91.0 Å². The van der Waals surface area contributed by atoms with Gasteiger partial charge in [-0.25, -0.2) is 0 Å². The topological polar surface area (TPSA) is 46.5 Å². The van der Waals surface area contributed by atoms with Crippen molar-refractivity contribution in [1.29, 1.82) is 0 Å². The zero-order valence-electron chi connectivity index (χ0n) is 20.1. The molecule has 0 saturated carbocycles. The summed E-state index contributed by atoms with van der Waals surface area (Å²) < 4.78 is 6.31.